The highest BCUT2D eigenvalue weighted by Crippen LogP contribution is 2.33. The first-order valence-electron chi connectivity index (χ1n) is 6.17. The van der Waals surface area contributed by atoms with Gasteiger partial charge >= 0.3 is 0 Å². The van der Waals surface area contributed by atoms with Crippen molar-refractivity contribution in [2.24, 2.45) is 0 Å². The smallest absolute Gasteiger partial charge is 0.231 e. The number of rotatable bonds is 1. The van der Waals surface area contributed by atoms with Gasteiger partial charge in [0.1, 0.15) is 0 Å². The fourth-order valence-electron chi connectivity index (χ4n) is 2.83. The van der Waals surface area contributed by atoms with E-state index in [1.54, 1.807) is 0 Å². The Bertz CT molecular complexity index is 452. The molecule has 3 rings (SSSR count). The van der Waals surface area contributed by atoms with Crippen molar-refractivity contribution in [2.75, 3.05) is 23.7 Å². The molecule has 4 heteroatoms. The van der Waals surface area contributed by atoms with Crippen LogP contribution in [0.2, 0.25) is 0 Å². The SMILES string of the molecule is Nc1ccc2c(c1)CC(=O)N2C1CCNCC1. The Labute approximate surface area is 101 Å². The molecule has 0 aromatic heterocycles. The van der Waals surface area contributed by atoms with Crippen molar-refractivity contribution >= 4 is 17.3 Å². The van der Waals surface area contributed by atoms with E-state index >= 15 is 0 Å². The summed E-state index contributed by atoms with van der Waals surface area (Å²) in [5, 5.41) is 3.33. The maximum absolute atomic E-state index is 12.1. The first-order valence-corrected chi connectivity index (χ1v) is 6.17. The van der Waals surface area contributed by atoms with Crippen LogP contribution >= 0.6 is 0 Å². The summed E-state index contributed by atoms with van der Waals surface area (Å²) < 4.78 is 0. The molecule has 0 spiro atoms. The topological polar surface area (TPSA) is 58.4 Å². The lowest BCUT2D eigenvalue weighted by molar-refractivity contribution is -0.117. The first kappa shape index (κ1) is 10.6. The van der Waals surface area contributed by atoms with Crippen LogP contribution in [0.1, 0.15) is 18.4 Å². The lowest BCUT2D eigenvalue weighted by atomic mass is 10.0. The Morgan fingerprint density at radius 3 is 2.82 bits per heavy atom. The molecule has 0 bridgehead atoms. The van der Waals surface area contributed by atoms with Crippen LogP contribution in [0.5, 0.6) is 0 Å². The van der Waals surface area contributed by atoms with Gasteiger partial charge in [-0.25, -0.2) is 0 Å². The third-order valence-electron chi connectivity index (χ3n) is 3.65. The molecule has 0 saturated carbocycles. The number of amides is 1. The number of benzene rings is 1. The number of piperidine rings is 1. The van der Waals surface area contributed by atoms with Crippen LogP contribution in [0.3, 0.4) is 0 Å². The van der Waals surface area contributed by atoms with Crippen LogP contribution in [-0.2, 0) is 11.2 Å². The molecule has 17 heavy (non-hydrogen) atoms. The predicted molar refractivity (Wildman–Crippen MR) is 67.9 cm³/mol. The molecule has 0 aliphatic carbocycles. The van der Waals surface area contributed by atoms with Gasteiger partial charge < -0.3 is 16.0 Å². The maximum Gasteiger partial charge on any atom is 0.231 e. The van der Waals surface area contributed by atoms with Gasteiger partial charge in [0.15, 0.2) is 0 Å². The molecule has 0 radical (unpaired) electrons. The number of carbonyl (C=O) groups excluding carboxylic acids is 1. The summed E-state index contributed by atoms with van der Waals surface area (Å²) in [5.74, 6) is 0.220. The zero-order chi connectivity index (χ0) is 11.8. The Balaban J connectivity index is 1.93. The minimum Gasteiger partial charge on any atom is -0.399 e. The second-order valence-corrected chi connectivity index (χ2v) is 4.81. The molecule has 4 nitrogen and oxygen atoms in total. The number of anilines is 2. The Kier molecular flexibility index (Phi) is 2.52. The summed E-state index contributed by atoms with van der Waals surface area (Å²) in [6, 6.07) is 6.14. The molecule has 90 valence electrons. The molecule has 1 aromatic rings. The molecule has 2 aliphatic heterocycles. The Morgan fingerprint density at radius 2 is 2.06 bits per heavy atom. The fourth-order valence-corrected chi connectivity index (χ4v) is 2.83. The van der Waals surface area contributed by atoms with E-state index in [9.17, 15) is 4.79 Å². The van der Waals surface area contributed by atoms with E-state index in [0.29, 0.717) is 12.5 Å². The molecule has 0 unspecified atom stereocenters. The molecule has 3 N–H and O–H groups in total. The molecule has 1 saturated heterocycles. The van der Waals surface area contributed by atoms with E-state index in [1.165, 1.54) is 0 Å². The van der Waals surface area contributed by atoms with Gasteiger partial charge in [0.05, 0.1) is 6.42 Å². The Morgan fingerprint density at radius 1 is 1.29 bits per heavy atom. The zero-order valence-electron chi connectivity index (χ0n) is 9.78. The molecule has 2 aliphatic rings. The number of hydrogen-bond acceptors (Lipinski definition) is 3. The van der Waals surface area contributed by atoms with Gasteiger partial charge in [0, 0.05) is 17.4 Å². The standard InChI is InChI=1S/C13H17N3O/c14-10-1-2-12-9(7-10)8-13(17)16(12)11-3-5-15-6-4-11/h1-2,7,11,15H,3-6,8,14H2. The summed E-state index contributed by atoms with van der Waals surface area (Å²) in [6.45, 7) is 2.00. The molecule has 2 heterocycles. The second-order valence-electron chi connectivity index (χ2n) is 4.81. The minimum absolute atomic E-state index is 0.220. The van der Waals surface area contributed by atoms with Gasteiger partial charge in [-0.05, 0) is 49.7 Å². The van der Waals surface area contributed by atoms with Crippen molar-refractivity contribution in [1.29, 1.82) is 0 Å². The summed E-state index contributed by atoms with van der Waals surface area (Å²) in [4.78, 5) is 14.1. The number of hydrogen-bond donors (Lipinski definition) is 2. The third-order valence-corrected chi connectivity index (χ3v) is 3.65. The van der Waals surface area contributed by atoms with Crippen LogP contribution in [0, 0.1) is 0 Å². The van der Waals surface area contributed by atoms with Crippen LogP contribution in [-0.4, -0.2) is 25.0 Å². The van der Waals surface area contributed by atoms with E-state index in [0.717, 1.165) is 42.9 Å². The van der Waals surface area contributed by atoms with Crippen LogP contribution < -0.4 is 16.0 Å². The molecular formula is C13H17N3O. The molecule has 0 atom stereocenters. The van der Waals surface area contributed by atoms with Gasteiger partial charge in [-0.15, -0.1) is 0 Å². The van der Waals surface area contributed by atoms with E-state index in [1.807, 2.05) is 23.1 Å². The van der Waals surface area contributed by atoms with Crippen molar-refractivity contribution in [3.05, 3.63) is 23.8 Å². The number of nitrogen functional groups attached to an aromatic ring is 1. The normalized spacial score (nSPS) is 20.7. The van der Waals surface area contributed by atoms with Crippen molar-refractivity contribution in [1.82, 2.24) is 5.32 Å². The zero-order valence-corrected chi connectivity index (χ0v) is 9.78. The average molecular weight is 231 g/mol. The van der Waals surface area contributed by atoms with Crippen molar-refractivity contribution in [3.8, 4) is 0 Å². The minimum atomic E-state index is 0.220. The number of nitrogens with zero attached hydrogens (tertiary/aromatic N) is 1. The van der Waals surface area contributed by atoms with E-state index in [4.69, 9.17) is 5.73 Å². The van der Waals surface area contributed by atoms with E-state index < -0.39 is 0 Å². The number of carbonyl (C=O) groups is 1. The number of nitrogens with two attached hydrogens (primary N) is 1. The highest BCUT2D eigenvalue weighted by molar-refractivity contribution is 6.02. The van der Waals surface area contributed by atoms with Crippen molar-refractivity contribution in [3.63, 3.8) is 0 Å². The summed E-state index contributed by atoms with van der Waals surface area (Å²) in [5.41, 5.74) is 8.64. The maximum atomic E-state index is 12.1. The van der Waals surface area contributed by atoms with E-state index in [-0.39, 0.29) is 5.91 Å². The number of fused-ring (bicyclic) bond motifs is 1. The van der Waals surface area contributed by atoms with Crippen molar-refractivity contribution < 1.29 is 4.79 Å². The molecular weight excluding hydrogens is 214 g/mol. The fraction of sp³-hybridized carbons (Fsp3) is 0.462. The van der Waals surface area contributed by atoms with E-state index in [2.05, 4.69) is 5.32 Å². The van der Waals surface area contributed by atoms with Gasteiger partial charge in [0.25, 0.3) is 0 Å². The second kappa shape index (κ2) is 4.04. The average Bonchev–Trinajstić information content (AvgIpc) is 2.65. The molecule has 1 fully saturated rings. The van der Waals surface area contributed by atoms with Gasteiger partial charge in [-0.3, -0.25) is 4.79 Å². The Hall–Kier alpha value is -1.55. The lowest BCUT2D eigenvalue weighted by Gasteiger charge is -2.32. The molecule has 1 aromatic carbocycles. The van der Waals surface area contributed by atoms with Crippen LogP contribution in [0.25, 0.3) is 0 Å². The first-order chi connectivity index (χ1) is 8.25. The summed E-state index contributed by atoms with van der Waals surface area (Å²) in [6.07, 6.45) is 2.58. The van der Waals surface area contributed by atoms with Gasteiger partial charge in [0.2, 0.25) is 5.91 Å². The monoisotopic (exact) mass is 231 g/mol. The van der Waals surface area contributed by atoms with Crippen LogP contribution in [0.15, 0.2) is 18.2 Å². The third kappa shape index (κ3) is 1.78. The molecule has 1 amide bonds. The van der Waals surface area contributed by atoms with Gasteiger partial charge in [-0.1, -0.05) is 0 Å². The van der Waals surface area contributed by atoms with Crippen LogP contribution in [0.4, 0.5) is 11.4 Å². The highest BCUT2D eigenvalue weighted by atomic mass is 16.2. The van der Waals surface area contributed by atoms with Crippen molar-refractivity contribution in [2.45, 2.75) is 25.3 Å². The lowest BCUT2D eigenvalue weighted by Crippen LogP contribution is -2.44. The predicted octanol–water partition coefficient (Wildman–Crippen LogP) is 0.910. The largest absolute Gasteiger partial charge is 0.399 e. The quantitative estimate of drug-likeness (QED) is 0.706. The highest BCUT2D eigenvalue weighted by Gasteiger charge is 2.33. The summed E-state index contributed by atoms with van der Waals surface area (Å²) >= 11 is 0. The number of nitrogens with one attached hydrogen (secondary N) is 1. The summed E-state index contributed by atoms with van der Waals surface area (Å²) in [7, 11) is 0. The van der Waals surface area contributed by atoms with Gasteiger partial charge in [-0.2, -0.15) is 0 Å².